The Morgan fingerprint density at radius 1 is 0.962 bits per heavy atom. The molecule has 1 aliphatic rings. The van der Waals surface area contributed by atoms with Gasteiger partial charge in [0.2, 0.25) is 0 Å². The minimum atomic E-state index is -0.436. The first kappa shape index (κ1) is 18.1. The first-order chi connectivity index (χ1) is 12.4. The van der Waals surface area contributed by atoms with Crippen LogP contribution in [0, 0.1) is 5.41 Å². The van der Waals surface area contributed by atoms with E-state index >= 15 is 0 Å². The van der Waals surface area contributed by atoms with Gasteiger partial charge in [0.05, 0.1) is 5.92 Å². The highest BCUT2D eigenvalue weighted by molar-refractivity contribution is 6.05. The van der Waals surface area contributed by atoms with Gasteiger partial charge in [0.15, 0.2) is 0 Å². The summed E-state index contributed by atoms with van der Waals surface area (Å²) in [4.78, 5) is 24.8. The third kappa shape index (κ3) is 4.45. The molecule has 0 unspecified atom stereocenters. The SMILES string of the molecule is CC1(C)CC(=O)C/C(=N/NC(=O)C(c2ccccc2)c2ccccc2)C1. The Hall–Kier alpha value is -2.75. The van der Waals surface area contributed by atoms with Crippen molar-refractivity contribution in [3.8, 4) is 0 Å². The van der Waals surface area contributed by atoms with Crippen LogP contribution in [0.1, 0.15) is 50.2 Å². The van der Waals surface area contributed by atoms with E-state index in [1.54, 1.807) is 0 Å². The Bertz CT molecular complexity index is 771. The van der Waals surface area contributed by atoms with Gasteiger partial charge >= 0.3 is 0 Å². The largest absolute Gasteiger partial charge is 0.299 e. The second-order valence-electron chi connectivity index (χ2n) is 7.64. The van der Waals surface area contributed by atoms with Gasteiger partial charge in [-0.15, -0.1) is 0 Å². The monoisotopic (exact) mass is 348 g/mol. The van der Waals surface area contributed by atoms with Gasteiger partial charge in [-0.2, -0.15) is 5.10 Å². The van der Waals surface area contributed by atoms with Crippen molar-refractivity contribution in [1.29, 1.82) is 0 Å². The van der Waals surface area contributed by atoms with Crippen LogP contribution >= 0.6 is 0 Å². The van der Waals surface area contributed by atoms with Crippen molar-refractivity contribution in [3.63, 3.8) is 0 Å². The topological polar surface area (TPSA) is 58.5 Å². The van der Waals surface area contributed by atoms with E-state index < -0.39 is 5.92 Å². The molecule has 0 saturated heterocycles. The zero-order valence-electron chi connectivity index (χ0n) is 15.2. The molecule has 1 aliphatic carbocycles. The van der Waals surface area contributed by atoms with Crippen molar-refractivity contribution in [1.82, 2.24) is 5.43 Å². The summed E-state index contributed by atoms with van der Waals surface area (Å²) in [6.07, 6.45) is 1.61. The molecule has 4 heteroatoms. The average molecular weight is 348 g/mol. The molecule has 26 heavy (non-hydrogen) atoms. The van der Waals surface area contributed by atoms with Crippen molar-refractivity contribution in [2.24, 2.45) is 10.5 Å². The number of nitrogens with one attached hydrogen (secondary N) is 1. The number of Topliss-reactive ketones (excluding diaryl/α,β-unsaturated/α-hetero) is 1. The molecule has 1 saturated carbocycles. The van der Waals surface area contributed by atoms with Crippen LogP contribution in [0.25, 0.3) is 0 Å². The number of hydrogen-bond acceptors (Lipinski definition) is 3. The standard InChI is InChI=1S/C22H24N2O2/c1-22(2)14-18(13-19(25)15-22)23-24-21(26)20(16-9-5-3-6-10-16)17-11-7-4-8-12-17/h3-12,20H,13-15H2,1-2H3,(H,24,26)/b23-18-. The lowest BCUT2D eigenvalue weighted by molar-refractivity contribution is -0.122. The van der Waals surface area contributed by atoms with Crippen LogP contribution in [0.3, 0.4) is 0 Å². The summed E-state index contributed by atoms with van der Waals surface area (Å²) in [5, 5.41) is 4.30. The minimum absolute atomic E-state index is 0.100. The molecule has 1 amide bonds. The van der Waals surface area contributed by atoms with Crippen LogP contribution in [0.4, 0.5) is 0 Å². The molecule has 0 bridgehead atoms. The zero-order valence-corrected chi connectivity index (χ0v) is 15.2. The summed E-state index contributed by atoms with van der Waals surface area (Å²) in [5.41, 5.74) is 5.18. The molecule has 0 spiro atoms. The van der Waals surface area contributed by atoms with Crippen LogP contribution in [0.2, 0.25) is 0 Å². The maximum Gasteiger partial charge on any atom is 0.252 e. The second-order valence-corrected chi connectivity index (χ2v) is 7.64. The van der Waals surface area contributed by atoms with Crippen LogP contribution in [-0.4, -0.2) is 17.4 Å². The predicted molar refractivity (Wildman–Crippen MR) is 103 cm³/mol. The van der Waals surface area contributed by atoms with Crippen molar-refractivity contribution in [2.75, 3.05) is 0 Å². The Morgan fingerprint density at radius 2 is 1.50 bits per heavy atom. The quantitative estimate of drug-likeness (QED) is 0.847. The highest BCUT2D eigenvalue weighted by Gasteiger charge is 2.31. The summed E-state index contributed by atoms with van der Waals surface area (Å²) in [5.74, 6) is -0.448. The van der Waals surface area contributed by atoms with Crippen molar-refractivity contribution in [2.45, 2.75) is 39.0 Å². The fourth-order valence-corrected chi connectivity index (χ4v) is 3.57. The average Bonchev–Trinajstić information content (AvgIpc) is 2.60. The molecule has 2 aromatic carbocycles. The molecule has 0 radical (unpaired) electrons. The van der Waals surface area contributed by atoms with Gasteiger partial charge in [0.25, 0.3) is 5.91 Å². The van der Waals surface area contributed by atoms with E-state index in [0.717, 1.165) is 23.3 Å². The number of benzene rings is 2. The summed E-state index contributed by atoms with van der Waals surface area (Å²) in [6, 6.07) is 19.3. The molecule has 3 rings (SSSR count). The third-order valence-electron chi connectivity index (χ3n) is 4.61. The number of ketones is 1. The Kier molecular flexibility index (Phi) is 5.31. The maximum absolute atomic E-state index is 12.9. The van der Waals surface area contributed by atoms with E-state index in [9.17, 15) is 9.59 Å². The van der Waals surface area contributed by atoms with E-state index in [2.05, 4.69) is 24.4 Å². The molecule has 1 fully saturated rings. The smallest absolute Gasteiger partial charge is 0.252 e. The molecule has 0 atom stereocenters. The van der Waals surface area contributed by atoms with Crippen molar-refractivity contribution < 1.29 is 9.59 Å². The first-order valence-electron chi connectivity index (χ1n) is 8.91. The van der Waals surface area contributed by atoms with Gasteiger partial charge in [-0.3, -0.25) is 9.59 Å². The van der Waals surface area contributed by atoms with E-state index in [0.29, 0.717) is 12.8 Å². The lowest BCUT2D eigenvalue weighted by Gasteiger charge is -2.29. The normalized spacial score (nSPS) is 18.1. The van der Waals surface area contributed by atoms with E-state index in [4.69, 9.17) is 0 Å². The number of carbonyl (C=O) groups is 2. The summed E-state index contributed by atoms with van der Waals surface area (Å²) in [7, 11) is 0. The Morgan fingerprint density at radius 3 is 2.00 bits per heavy atom. The van der Waals surface area contributed by atoms with Gasteiger partial charge in [-0.1, -0.05) is 74.5 Å². The van der Waals surface area contributed by atoms with Gasteiger partial charge in [0, 0.05) is 18.6 Å². The predicted octanol–water partition coefficient (Wildman–Crippen LogP) is 4.07. The molecular formula is C22H24N2O2. The fourth-order valence-electron chi connectivity index (χ4n) is 3.57. The number of hydrazone groups is 1. The van der Waals surface area contributed by atoms with E-state index in [1.165, 1.54) is 0 Å². The Labute approximate surface area is 154 Å². The summed E-state index contributed by atoms with van der Waals surface area (Å²) >= 11 is 0. The van der Waals surface area contributed by atoms with Crippen LogP contribution in [-0.2, 0) is 9.59 Å². The highest BCUT2D eigenvalue weighted by atomic mass is 16.2. The van der Waals surface area contributed by atoms with Crippen LogP contribution in [0.5, 0.6) is 0 Å². The molecule has 4 nitrogen and oxygen atoms in total. The molecule has 0 aliphatic heterocycles. The van der Waals surface area contributed by atoms with E-state index in [1.807, 2.05) is 60.7 Å². The van der Waals surface area contributed by atoms with Gasteiger partial charge in [-0.25, -0.2) is 5.43 Å². The van der Waals surface area contributed by atoms with Gasteiger partial charge in [0.1, 0.15) is 5.78 Å². The number of carbonyl (C=O) groups excluding carboxylic acids is 2. The fraction of sp³-hybridized carbons (Fsp3) is 0.318. The third-order valence-corrected chi connectivity index (χ3v) is 4.61. The second kappa shape index (κ2) is 7.65. The number of nitrogens with zero attached hydrogens (tertiary/aromatic N) is 1. The summed E-state index contributed by atoms with van der Waals surface area (Å²) in [6.45, 7) is 4.11. The molecular weight excluding hydrogens is 324 g/mol. The van der Waals surface area contributed by atoms with Gasteiger partial charge in [-0.05, 0) is 23.0 Å². The Balaban J connectivity index is 1.83. The summed E-state index contributed by atoms with van der Waals surface area (Å²) < 4.78 is 0. The maximum atomic E-state index is 12.9. The van der Waals surface area contributed by atoms with Crippen molar-refractivity contribution >= 4 is 17.4 Å². The van der Waals surface area contributed by atoms with Gasteiger partial charge < -0.3 is 0 Å². The van der Waals surface area contributed by atoms with Crippen LogP contribution in [0.15, 0.2) is 65.8 Å². The lowest BCUT2D eigenvalue weighted by Crippen LogP contribution is -2.32. The number of amides is 1. The van der Waals surface area contributed by atoms with Crippen LogP contribution < -0.4 is 5.43 Å². The molecule has 134 valence electrons. The highest BCUT2D eigenvalue weighted by Crippen LogP contribution is 2.31. The molecule has 1 N–H and O–H groups in total. The zero-order chi connectivity index (χ0) is 18.6. The van der Waals surface area contributed by atoms with Crippen molar-refractivity contribution in [3.05, 3.63) is 71.8 Å². The van der Waals surface area contributed by atoms with E-state index in [-0.39, 0.29) is 17.1 Å². The first-order valence-corrected chi connectivity index (χ1v) is 8.91. The number of rotatable bonds is 4. The molecule has 0 heterocycles. The lowest BCUT2D eigenvalue weighted by atomic mass is 9.76. The molecule has 0 aromatic heterocycles. The number of hydrogen-bond donors (Lipinski definition) is 1. The molecule has 2 aromatic rings. The minimum Gasteiger partial charge on any atom is -0.299 e.